The van der Waals surface area contributed by atoms with Gasteiger partial charge in [-0.25, -0.2) is 0 Å². The van der Waals surface area contributed by atoms with Gasteiger partial charge in [-0.05, 0) is 54.5 Å². The second-order valence-corrected chi connectivity index (χ2v) is 16.1. The molecule has 0 atom stereocenters. The van der Waals surface area contributed by atoms with Crippen molar-refractivity contribution in [3.63, 3.8) is 0 Å². The molecule has 0 aliphatic heterocycles. The summed E-state index contributed by atoms with van der Waals surface area (Å²) in [6.07, 6.45) is 44.6. The van der Waals surface area contributed by atoms with E-state index >= 15 is 0 Å². The molecule has 0 heterocycles. The Morgan fingerprint density at radius 3 is 0.818 bits per heavy atom. The molecule has 0 nitrogen and oxygen atoms in total. The highest BCUT2D eigenvalue weighted by Gasteiger charge is 2.03. The van der Waals surface area contributed by atoms with E-state index in [1.165, 1.54) is 219 Å². The molecule has 1 rings (SSSR count). The van der Waals surface area contributed by atoms with Crippen LogP contribution in [0.4, 0.5) is 0 Å². The first-order chi connectivity index (χ1) is 21.8. The molecule has 0 saturated carbocycles. The maximum Gasteiger partial charge on any atom is 0.00858 e. The minimum Gasteiger partial charge on any atom is -0.126 e. The summed E-state index contributed by atoms with van der Waals surface area (Å²) >= 11 is 4.20. The van der Waals surface area contributed by atoms with E-state index in [9.17, 15) is 0 Å². The van der Waals surface area contributed by atoms with Gasteiger partial charge in [0.05, 0.1) is 0 Å². The Morgan fingerprint density at radius 1 is 0.318 bits per heavy atom. The maximum absolute atomic E-state index is 2.48. The van der Waals surface area contributed by atoms with Gasteiger partial charge >= 0.3 is 0 Å². The highest BCUT2D eigenvalue weighted by atomic mass is 32.2. The molecular formula is C42H78S2. The van der Waals surface area contributed by atoms with Crippen molar-refractivity contribution in [1.29, 1.82) is 0 Å². The predicted octanol–water partition coefficient (Wildman–Crippen LogP) is 16.2. The molecule has 0 radical (unpaired) electrons. The molecule has 0 aromatic heterocycles. The van der Waals surface area contributed by atoms with Gasteiger partial charge in [0.1, 0.15) is 0 Å². The molecule has 0 N–H and O–H groups in total. The Balaban J connectivity index is 1.97. The topological polar surface area (TPSA) is 0 Å². The molecule has 0 amide bonds. The molecule has 1 aromatic carbocycles. The molecule has 0 aliphatic carbocycles. The molecule has 0 unspecified atom stereocenters. The minimum absolute atomic E-state index is 1.15. The molecule has 0 aliphatic rings. The van der Waals surface area contributed by atoms with Crippen molar-refractivity contribution in [3.05, 3.63) is 23.8 Å². The highest BCUT2D eigenvalue weighted by molar-refractivity contribution is 8.00. The number of thioether (sulfide) groups is 2. The lowest BCUT2D eigenvalue weighted by Gasteiger charge is -2.09. The van der Waals surface area contributed by atoms with Crippen LogP contribution >= 0.6 is 23.5 Å². The van der Waals surface area contributed by atoms with Crippen molar-refractivity contribution in [2.45, 2.75) is 230 Å². The summed E-state index contributed by atoms with van der Waals surface area (Å²) in [6.45, 7) is 6.92. The van der Waals surface area contributed by atoms with E-state index in [0.29, 0.717) is 0 Å². The normalized spacial score (nSPS) is 11.5. The van der Waals surface area contributed by atoms with Crippen molar-refractivity contribution in [2.24, 2.45) is 0 Å². The fourth-order valence-corrected chi connectivity index (χ4v) is 8.46. The Hall–Kier alpha value is -0.0800. The largest absolute Gasteiger partial charge is 0.126 e. The van der Waals surface area contributed by atoms with Gasteiger partial charge in [0.25, 0.3) is 0 Å². The summed E-state index contributed by atoms with van der Waals surface area (Å²) in [7, 11) is 0. The van der Waals surface area contributed by atoms with Crippen LogP contribution in [0.2, 0.25) is 0 Å². The molecule has 0 saturated heterocycles. The number of hydrogen-bond acceptors (Lipinski definition) is 2. The van der Waals surface area contributed by atoms with Gasteiger partial charge in [-0.3, -0.25) is 0 Å². The second-order valence-electron chi connectivity index (χ2n) is 13.8. The summed E-state index contributed by atoms with van der Waals surface area (Å²) in [5.74, 6) is 2.57. The molecule has 0 bridgehead atoms. The zero-order chi connectivity index (χ0) is 31.6. The summed E-state index contributed by atoms with van der Waals surface area (Å²) in [5.41, 5.74) is 1.52. The first-order valence-corrected chi connectivity index (χ1v) is 22.2. The Bertz CT molecular complexity index is 645. The standard InChI is InChI=1S/C42H78S2/c1-4-7-9-11-13-15-17-19-21-23-25-27-29-31-33-35-43-41-37-40(6-3)38-42(39-41)44-36-34-32-30-28-26-24-22-20-18-16-14-12-10-8-5-2/h37-39H,4-36H2,1-3H3. The molecule has 0 spiro atoms. The van der Waals surface area contributed by atoms with Crippen LogP contribution in [0.3, 0.4) is 0 Å². The van der Waals surface area contributed by atoms with Crippen LogP contribution in [0.25, 0.3) is 0 Å². The van der Waals surface area contributed by atoms with Gasteiger partial charge in [-0.1, -0.05) is 201 Å². The average Bonchev–Trinajstić information content (AvgIpc) is 3.04. The lowest BCUT2D eigenvalue weighted by molar-refractivity contribution is 0.535. The van der Waals surface area contributed by atoms with E-state index in [-0.39, 0.29) is 0 Å². The zero-order valence-electron chi connectivity index (χ0n) is 30.4. The number of benzene rings is 1. The van der Waals surface area contributed by atoms with Crippen LogP contribution in [0.5, 0.6) is 0 Å². The third-order valence-electron chi connectivity index (χ3n) is 9.38. The number of unbranched alkanes of at least 4 members (excludes halogenated alkanes) is 28. The van der Waals surface area contributed by atoms with Crippen LogP contribution in [-0.4, -0.2) is 11.5 Å². The summed E-state index contributed by atoms with van der Waals surface area (Å²) < 4.78 is 0. The predicted molar refractivity (Wildman–Crippen MR) is 207 cm³/mol. The van der Waals surface area contributed by atoms with Gasteiger partial charge in [0, 0.05) is 9.79 Å². The van der Waals surface area contributed by atoms with E-state index in [2.05, 4.69) is 62.5 Å². The van der Waals surface area contributed by atoms with Crippen molar-refractivity contribution in [3.8, 4) is 0 Å². The van der Waals surface area contributed by atoms with Crippen LogP contribution in [0.1, 0.15) is 219 Å². The van der Waals surface area contributed by atoms with Gasteiger partial charge in [-0.15, -0.1) is 23.5 Å². The monoisotopic (exact) mass is 647 g/mol. The number of rotatable bonds is 35. The molecular weight excluding hydrogens is 569 g/mol. The molecule has 44 heavy (non-hydrogen) atoms. The third kappa shape index (κ3) is 28.2. The van der Waals surface area contributed by atoms with Crippen LogP contribution in [0, 0.1) is 0 Å². The lowest BCUT2D eigenvalue weighted by atomic mass is 10.0. The van der Waals surface area contributed by atoms with Crippen LogP contribution in [0.15, 0.2) is 28.0 Å². The van der Waals surface area contributed by atoms with Crippen LogP contribution < -0.4 is 0 Å². The molecule has 1 aromatic rings. The first-order valence-electron chi connectivity index (χ1n) is 20.2. The van der Waals surface area contributed by atoms with Gasteiger partial charge in [-0.2, -0.15) is 0 Å². The number of aryl methyl sites for hydroxylation is 1. The fourth-order valence-electron chi connectivity index (χ4n) is 6.33. The van der Waals surface area contributed by atoms with E-state index in [1.807, 2.05) is 0 Å². The Labute approximate surface area is 287 Å². The van der Waals surface area contributed by atoms with Gasteiger partial charge in [0.2, 0.25) is 0 Å². The van der Waals surface area contributed by atoms with E-state index in [4.69, 9.17) is 0 Å². The summed E-state index contributed by atoms with van der Waals surface area (Å²) in [5, 5.41) is 0. The quantitative estimate of drug-likeness (QED) is 0.0531. The van der Waals surface area contributed by atoms with Gasteiger partial charge in [0.15, 0.2) is 0 Å². The molecule has 2 heteroatoms. The summed E-state index contributed by atoms with van der Waals surface area (Å²) in [6, 6.07) is 7.38. The van der Waals surface area contributed by atoms with E-state index < -0.39 is 0 Å². The molecule has 258 valence electrons. The van der Waals surface area contributed by atoms with Crippen LogP contribution in [-0.2, 0) is 6.42 Å². The summed E-state index contributed by atoms with van der Waals surface area (Å²) in [4.78, 5) is 3.02. The van der Waals surface area contributed by atoms with Crippen molar-refractivity contribution in [2.75, 3.05) is 11.5 Å². The number of hydrogen-bond donors (Lipinski definition) is 0. The maximum atomic E-state index is 2.48. The first kappa shape index (κ1) is 41.9. The lowest BCUT2D eigenvalue weighted by Crippen LogP contribution is -1.88. The zero-order valence-corrected chi connectivity index (χ0v) is 32.0. The second kappa shape index (κ2) is 34.3. The van der Waals surface area contributed by atoms with Gasteiger partial charge < -0.3 is 0 Å². The van der Waals surface area contributed by atoms with Crippen molar-refractivity contribution in [1.82, 2.24) is 0 Å². The minimum atomic E-state index is 1.15. The SMILES string of the molecule is CCCCCCCCCCCCCCCCCSc1cc(CC)cc(SCCCCCCCCCCCCCCCCC)c1. The van der Waals surface area contributed by atoms with Crippen molar-refractivity contribution >= 4 is 23.5 Å². The smallest absolute Gasteiger partial charge is 0.00858 e. The third-order valence-corrected chi connectivity index (χ3v) is 11.5. The van der Waals surface area contributed by atoms with E-state index in [1.54, 1.807) is 0 Å². The fraction of sp³-hybridized carbons (Fsp3) is 0.857. The molecule has 0 fully saturated rings. The average molecular weight is 647 g/mol. The highest BCUT2D eigenvalue weighted by Crippen LogP contribution is 2.29. The Morgan fingerprint density at radius 2 is 0.568 bits per heavy atom. The van der Waals surface area contributed by atoms with E-state index in [0.717, 1.165) is 6.42 Å². The van der Waals surface area contributed by atoms with Crippen molar-refractivity contribution < 1.29 is 0 Å². The Kier molecular flexibility index (Phi) is 32.7.